The minimum atomic E-state index is -1.08. The second-order valence-corrected chi connectivity index (χ2v) is 10.8. The monoisotopic (exact) mass is 516 g/mol. The van der Waals surface area contributed by atoms with E-state index in [4.69, 9.17) is 0 Å². The Morgan fingerprint density at radius 2 is 1.71 bits per heavy atom. The lowest BCUT2D eigenvalue weighted by molar-refractivity contribution is -0.115. The summed E-state index contributed by atoms with van der Waals surface area (Å²) >= 11 is 0. The summed E-state index contributed by atoms with van der Waals surface area (Å²) in [4.78, 5) is 27.3. The Kier molecular flexibility index (Phi) is 8.82. The highest BCUT2D eigenvalue weighted by molar-refractivity contribution is 5.99. The molecule has 0 heterocycles. The lowest BCUT2D eigenvalue weighted by atomic mass is 9.92. The molecule has 2 N–H and O–H groups in total. The first-order chi connectivity index (χ1) is 18.2. The van der Waals surface area contributed by atoms with E-state index in [1.54, 1.807) is 24.3 Å². The van der Waals surface area contributed by atoms with E-state index >= 15 is 4.39 Å². The molecule has 0 aliphatic heterocycles. The predicted molar refractivity (Wildman–Crippen MR) is 151 cm³/mol. The Balaban J connectivity index is 1.79. The molecule has 0 saturated heterocycles. The van der Waals surface area contributed by atoms with E-state index in [1.807, 2.05) is 31.2 Å². The Morgan fingerprint density at radius 1 is 1.03 bits per heavy atom. The Labute approximate surface area is 224 Å². The number of hydrogen-bond acceptors (Lipinski definition) is 3. The molecule has 200 valence electrons. The highest BCUT2D eigenvalue weighted by Crippen LogP contribution is 2.39. The molecule has 0 unspecified atom stereocenters. The minimum Gasteiger partial charge on any atom is -0.478 e. The maximum atomic E-state index is 16.2. The van der Waals surface area contributed by atoms with Gasteiger partial charge in [0.2, 0.25) is 5.91 Å². The number of hydrogen-bond donors (Lipinski definition) is 2. The van der Waals surface area contributed by atoms with Gasteiger partial charge in [0.1, 0.15) is 5.82 Å². The number of nitrogens with zero attached hydrogens (tertiary/aromatic N) is 1. The second-order valence-electron chi connectivity index (χ2n) is 10.8. The van der Waals surface area contributed by atoms with Gasteiger partial charge in [-0.05, 0) is 60.6 Å². The summed E-state index contributed by atoms with van der Waals surface area (Å²) in [5.74, 6) is -1.50. The number of anilines is 2. The molecule has 5 nitrogen and oxygen atoms in total. The standard InChI is InChI=1S/C32H37FN2O3/c1-21(2)20-35(25-9-5-4-6-10-25)31-28(33)18-24(26-11-7-8-12-27(26)32(37)38)19-29(31)34-30(36)17-23-15-13-22(3)14-16-23/h7-8,11-16,18-19,21,25H,4-6,9-10,17,20H2,1-3H3,(H,34,36)(H,37,38). The number of nitrogens with one attached hydrogen (secondary N) is 1. The van der Waals surface area contributed by atoms with E-state index in [9.17, 15) is 14.7 Å². The number of carbonyl (C=O) groups is 2. The first-order valence-corrected chi connectivity index (χ1v) is 13.5. The van der Waals surface area contributed by atoms with Crippen LogP contribution in [-0.4, -0.2) is 29.6 Å². The van der Waals surface area contributed by atoms with Crippen LogP contribution in [0.4, 0.5) is 15.8 Å². The van der Waals surface area contributed by atoms with Crippen LogP contribution in [0.2, 0.25) is 0 Å². The van der Waals surface area contributed by atoms with E-state index < -0.39 is 11.8 Å². The maximum absolute atomic E-state index is 16.2. The smallest absolute Gasteiger partial charge is 0.336 e. The van der Waals surface area contributed by atoms with Crippen molar-refractivity contribution < 1.29 is 19.1 Å². The number of aromatic carboxylic acids is 1. The first kappa shape index (κ1) is 27.4. The molecule has 3 aromatic rings. The number of carboxylic acids is 1. The zero-order valence-electron chi connectivity index (χ0n) is 22.5. The average molecular weight is 517 g/mol. The third kappa shape index (κ3) is 6.60. The van der Waals surface area contributed by atoms with Crippen molar-refractivity contribution in [3.05, 3.63) is 83.2 Å². The molecule has 1 amide bonds. The van der Waals surface area contributed by atoms with Gasteiger partial charge in [-0.15, -0.1) is 0 Å². The quantitative estimate of drug-likeness (QED) is 0.309. The zero-order valence-corrected chi connectivity index (χ0v) is 22.5. The fourth-order valence-corrected chi connectivity index (χ4v) is 5.36. The van der Waals surface area contributed by atoms with Gasteiger partial charge in [-0.3, -0.25) is 4.79 Å². The number of halogens is 1. The summed E-state index contributed by atoms with van der Waals surface area (Å²) in [6, 6.07) is 17.6. The zero-order chi connectivity index (χ0) is 27.2. The third-order valence-electron chi connectivity index (χ3n) is 7.16. The maximum Gasteiger partial charge on any atom is 0.336 e. The largest absolute Gasteiger partial charge is 0.478 e. The minimum absolute atomic E-state index is 0.0860. The van der Waals surface area contributed by atoms with Crippen molar-refractivity contribution in [2.24, 2.45) is 5.92 Å². The van der Waals surface area contributed by atoms with Crippen LogP contribution in [0.5, 0.6) is 0 Å². The predicted octanol–water partition coefficient (Wildman–Crippen LogP) is 7.48. The van der Waals surface area contributed by atoms with Crippen LogP contribution in [-0.2, 0) is 11.2 Å². The number of amides is 1. The van der Waals surface area contributed by atoms with Crippen LogP contribution < -0.4 is 10.2 Å². The van der Waals surface area contributed by atoms with Gasteiger partial charge >= 0.3 is 5.97 Å². The summed E-state index contributed by atoms with van der Waals surface area (Å²) in [5, 5.41) is 12.7. The SMILES string of the molecule is Cc1ccc(CC(=O)Nc2cc(-c3ccccc3C(=O)O)cc(F)c2N(CC(C)C)C2CCCCC2)cc1. The van der Waals surface area contributed by atoms with Crippen LogP contribution in [0.3, 0.4) is 0 Å². The number of aryl methyl sites for hydroxylation is 1. The van der Waals surface area contributed by atoms with Gasteiger partial charge in [0.25, 0.3) is 0 Å². The van der Waals surface area contributed by atoms with Crippen molar-refractivity contribution in [3.63, 3.8) is 0 Å². The molecule has 1 aliphatic carbocycles. The topological polar surface area (TPSA) is 69.6 Å². The number of rotatable bonds is 9. The molecule has 0 atom stereocenters. The molecular weight excluding hydrogens is 479 g/mol. The van der Waals surface area contributed by atoms with Gasteiger partial charge in [-0.1, -0.05) is 81.1 Å². The summed E-state index contributed by atoms with van der Waals surface area (Å²) in [6.45, 7) is 6.88. The van der Waals surface area contributed by atoms with E-state index in [0.717, 1.165) is 36.8 Å². The highest BCUT2D eigenvalue weighted by atomic mass is 19.1. The molecule has 0 radical (unpaired) electrons. The Bertz CT molecular complexity index is 1280. The molecular formula is C32H37FN2O3. The van der Waals surface area contributed by atoms with Crippen LogP contribution in [0.25, 0.3) is 11.1 Å². The van der Waals surface area contributed by atoms with Crippen LogP contribution in [0, 0.1) is 18.7 Å². The normalized spacial score (nSPS) is 13.9. The van der Waals surface area contributed by atoms with Crippen molar-refractivity contribution in [1.29, 1.82) is 0 Å². The van der Waals surface area contributed by atoms with Crippen molar-refractivity contribution in [2.75, 3.05) is 16.8 Å². The second kappa shape index (κ2) is 12.2. The average Bonchev–Trinajstić information content (AvgIpc) is 2.89. The molecule has 3 aromatic carbocycles. The van der Waals surface area contributed by atoms with Crippen LogP contribution in [0.15, 0.2) is 60.7 Å². The molecule has 38 heavy (non-hydrogen) atoms. The van der Waals surface area contributed by atoms with Gasteiger partial charge in [0, 0.05) is 12.6 Å². The van der Waals surface area contributed by atoms with Gasteiger partial charge < -0.3 is 15.3 Å². The van der Waals surface area contributed by atoms with E-state index in [1.165, 1.54) is 18.6 Å². The van der Waals surface area contributed by atoms with Gasteiger partial charge in [-0.2, -0.15) is 0 Å². The molecule has 0 spiro atoms. The van der Waals surface area contributed by atoms with Crippen molar-refractivity contribution in [3.8, 4) is 11.1 Å². The molecule has 1 fully saturated rings. The van der Waals surface area contributed by atoms with Crippen molar-refractivity contribution in [2.45, 2.75) is 65.3 Å². The molecule has 1 aliphatic rings. The lowest BCUT2D eigenvalue weighted by Crippen LogP contribution is -2.40. The van der Waals surface area contributed by atoms with Crippen molar-refractivity contribution >= 4 is 23.3 Å². The lowest BCUT2D eigenvalue weighted by Gasteiger charge is -2.38. The van der Waals surface area contributed by atoms with Gasteiger partial charge in [-0.25, -0.2) is 9.18 Å². The third-order valence-corrected chi connectivity index (χ3v) is 7.16. The first-order valence-electron chi connectivity index (χ1n) is 13.5. The fraction of sp³-hybridized carbons (Fsp3) is 0.375. The Hall–Kier alpha value is -3.67. The fourth-order valence-electron chi connectivity index (χ4n) is 5.36. The Morgan fingerprint density at radius 3 is 2.37 bits per heavy atom. The van der Waals surface area contributed by atoms with E-state index in [0.29, 0.717) is 35.0 Å². The molecule has 6 heteroatoms. The number of carbonyl (C=O) groups excluding carboxylic acids is 1. The summed E-state index contributed by atoms with van der Waals surface area (Å²) < 4.78 is 16.2. The molecule has 0 aromatic heterocycles. The molecule has 1 saturated carbocycles. The highest BCUT2D eigenvalue weighted by Gasteiger charge is 2.28. The summed E-state index contributed by atoms with van der Waals surface area (Å²) in [7, 11) is 0. The van der Waals surface area contributed by atoms with Crippen LogP contribution >= 0.6 is 0 Å². The molecule has 0 bridgehead atoms. The van der Waals surface area contributed by atoms with Gasteiger partial charge in [0.15, 0.2) is 0 Å². The van der Waals surface area contributed by atoms with Gasteiger partial charge in [0.05, 0.1) is 23.4 Å². The van der Waals surface area contributed by atoms with E-state index in [-0.39, 0.29) is 23.9 Å². The number of carboxylic acid groups (broad SMARTS) is 1. The molecule has 4 rings (SSSR count). The summed E-state index contributed by atoms with van der Waals surface area (Å²) in [6.07, 6.45) is 5.49. The van der Waals surface area contributed by atoms with Crippen LogP contribution in [0.1, 0.15) is 67.4 Å². The number of benzene rings is 3. The summed E-state index contributed by atoms with van der Waals surface area (Å²) in [5.41, 5.74) is 3.66. The van der Waals surface area contributed by atoms with Crippen molar-refractivity contribution in [1.82, 2.24) is 0 Å². The van der Waals surface area contributed by atoms with E-state index in [2.05, 4.69) is 24.1 Å².